The fourth-order valence-corrected chi connectivity index (χ4v) is 2.11. The first-order chi connectivity index (χ1) is 5.41. The van der Waals surface area contributed by atoms with Gasteiger partial charge in [-0.1, -0.05) is 0 Å². The molecule has 2 aliphatic heterocycles. The second kappa shape index (κ2) is 3.11. The van der Waals surface area contributed by atoms with Crippen molar-refractivity contribution < 1.29 is 9.47 Å². The summed E-state index contributed by atoms with van der Waals surface area (Å²) in [5.74, 6) is 0. The Morgan fingerprint density at radius 2 is 1.64 bits per heavy atom. The van der Waals surface area contributed by atoms with E-state index in [1.54, 1.807) is 0 Å². The summed E-state index contributed by atoms with van der Waals surface area (Å²) in [7, 11) is 0. The van der Waals surface area contributed by atoms with Crippen LogP contribution in [0.25, 0.3) is 0 Å². The van der Waals surface area contributed by atoms with Crippen molar-refractivity contribution in [2.45, 2.75) is 25.7 Å². The zero-order valence-corrected chi connectivity index (χ0v) is 6.97. The molecule has 0 aromatic rings. The number of rotatable bonds is 0. The van der Waals surface area contributed by atoms with Crippen LogP contribution in [0, 0.1) is 5.41 Å². The molecule has 0 radical (unpaired) electrons. The van der Waals surface area contributed by atoms with Crippen LogP contribution in [0.4, 0.5) is 0 Å². The molecular weight excluding hydrogens is 140 g/mol. The van der Waals surface area contributed by atoms with Gasteiger partial charge in [-0.2, -0.15) is 0 Å². The van der Waals surface area contributed by atoms with E-state index in [1.165, 1.54) is 25.7 Å². The first-order valence-electron chi connectivity index (χ1n) is 4.57. The van der Waals surface area contributed by atoms with Crippen molar-refractivity contribution >= 4 is 0 Å². The summed E-state index contributed by atoms with van der Waals surface area (Å²) < 4.78 is 10.9. The quantitative estimate of drug-likeness (QED) is 0.530. The van der Waals surface area contributed by atoms with Crippen LogP contribution >= 0.6 is 0 Å². The van der Waals surface area contributed by atoms with Gasteiger partial charge in [0.25, 0.3) is 0 Å². The average Bonchev–Trinajstić information content (AvgIpc) is 2.32. The highest BCUT2D eigenvalue weighted by molar-refractivity contribution is 4.84. The van der Waals surface area contributed by atoms with E-state index in [2.05, 4.69) is 0 Å². The largest absolute Gasteiger partial charge is 0.381 e. The Labute approximate surface area is 67.9 Å². The molecule has 0 aromatic heterocycles. The molecule has 2 fully saturated rings. The van der Waals surface area contributed by atoms with E-state index in [9.17, 15) is 0 Å². The second-order valence-electron chi connectivity index (χ2n) is 3.77. The molecule has 2 heteroatoms. The Bertz CT molecular complexity index is 118. The van der Waals surface area contributed by atoms with Crippen molar-refractivity contribution in [2.24, 2.45) is 5.41 Å². The number of hydrogen-bond donors (Lipinski definition) is 0. The topological polar surface area (TPSA) is 18.5 Å². The van der Waals surface area contributed by atoms with E-state index in [-0.39, 0.29) is 0 Å². The van der Waals surface area contributed by atoms with Crippen molar-refractivity contribution in [3.05, 3.63) is 0 Å². The molecule has 0 N–H and O–H groups in total. The molecule has 1 unspecified atom stereocenters. The Morgan fingerprint density at radius 1 is 0.818 bits per heavy atom. The lowest BCUT2D eigenvalue weighted by molar-refractivity contribution is 0.116. The summed E-state index contributed by atoms with van der Waals surface area (Å²) in [6, 6.07) is 0. The normalized spacial score (nSPS) is 39.3. The molecule has 0 bridgehead atoms. The SMILES string of the molecule is C1COCCC2(C1)CCOC2. The standard InChI is InChI=1S/C9H16O2/c1-2-9(3-6-10-5-1)4-7-11-8-9/h1-8H2. The van der Waals surface area contributed by atoms with Gasteiger partial charge in [-0.05, 0) is 31.1 Å². The summed E-state index contributed by atoms with van der Waals surface area (Å²) in [6.45, 7) is 3.86. The summed E-state index contributed by atoms with van der Waals surface area (Å²) in [6.07, 6.45) is 5.01. The highest BCUT2D eigenvalue weighted by atomic mass is 16.5. The molecule has 2 saturated heterocycles. The molecule has 0 amide bonds. The molecule has 1 spiro atoms. The number of ether oxygens (including phenoxy) is 2. The van der Waals surface area contributed by atoms with Gasteiger partial charge in [0.15, 0.2) is 0 Å². The molecule has 64 valence electrons. The highest BCUT2D eigenvalue weighted by Crippen LogP contribution is 2.38. The van der Waals surface area contributed by atoms with Crippen LogP contribution in [0.5, 0.6) is 0 Å². The smallest absolute Gasteiger partial charge is 0.0524 e. The Hall–Kier alpha value is -0.0800. The lowest BCUT2D eigenvalue weighted by atomic mass is 9.80. The van der Waals surface area contributed by atoms with Crippen LogP contribution in [0.2, 0.25) is 0 Å². The van der Waals surface area contributed by atoms with E-state index in [1.807, 2.05) is 0 Å². The third-order valence-corrected chi connectivity index (χ3v) is 2.96. The van der Waals surface area contributed by atoms with Crippen molar-refractivity contribution in [1.29, 1.82) is 0 Å². The highest BCUT2D eigenvalue weighted by Gasteiger charge is 2.34. The van der Waals surface area contributed by atoms with Crippen LogP contribution in [-0.2, 0) is 9.47 Å². The monoisotopic (exact) mass is 156 g/mol. The molecular formula is C9H16O2. The van der Waals surface area contributed by atoms with E-state index in [4.69, 9.17) is 9.47 Å². The van der Waals surface area contributed by atoms with Gasteiger partial charge < -0.3 is 9.47 Å². The maximum atomic E-state index is 5.44. The third-order valence-electron chi connectivity index (χ3n) is 2.96. The maximum Gasteiger partial charge on any atom is 0.0524 e. The summed E-state index contributed by atoms with van der Waals surface area (Å²) >= 11 is 0. The van der Waals surface area contributed by atoms with E-state index in [0.29, 0.717) is 5.41 Å². The van der Waals surface area contributed by atoms with Crippen molar-refractivity contribution in [3.63, 3.8) is 0 Å². The zero-order chi connectivity index (χ0) is 7.57. The van der Waals surface area contributed by atoms with Crippen LogP contribution in [0.15, 0.2) is 0 Å². The Kier molecular flexibility index (Phi) is 2.14. The van der Waals surface area contributed by atoms with Gasteiger partial charge in [-0.15, -0.1) is 0 Å². The van der Waals surface area contributed by atoms with Gasteiger partial charge in [-0.3, -0.25) is 0 Å². The lowest BCUT2D eigenvalue weighted by Crippen LogP contribution is -2.20. The molecule has 0 aliphatic carbocycles. The fraction of sp³-hybridized carbons (Fsp3) is 1.00. The molecule has 11 heavy (non-hydrogen) atoms. The van der Waals surface area contributed by atoms with Crippen LogP contribution in [-0.4, -0.2) is 26.4 Å². The van der Waals surface area contributed by atoms with Crippen LogP contribution in [0.1, 0.15) is 25.7 Å². The fourth-order valence-electron chi connectivity index (χ4n) is 2.11. The minimum absolute atomic E-state index is 0.510. The van der Waals surface area contributed by atoms with Crippen molar-refractivity contribution in [1.82, 2.24) is 0 Å². The second-order valence-corrected chi connectivity index (χ2v) is 3.77. The molecule has 2 aliphatic rings. The lowest BCUT2D eigenvalue weighted by Gasteiger charge is -2.23. The molecule has 2 rings (SSSR count). The first-order valence-corrected chi connectivity index (χ1v) is 4.57. The van der Waals surface area contributed by atoms with Gasteiger partial charge >= 0.3 is 0 Å². The summed E-state index contributed by atoms with van der Waals surface area (Å²) in [5.41, 5.74) is 0.510. The van der Waals surface area contributed by atoms with E-state index in [0.717, 1.165) is 26.4 Å². The van der Waals surface area contributed by atoms with Crippen LogP contribution in [0.3, 0.4) is 0 Å². The van der Waals surface area contributed by atoms with Crippen molar-refractivity contribution in [3.8, 4) is 0 Å². The molecule has 2 heterocycles. The zero-order valence-electron chi connectivity index (χ0n) is 6.97. The molecule has 0 aromatic carbocycles. The van der Waals surface area contributed by atoms with Gasteiger partial charge in [0, 0.05) is 19.8 Å². The summed E-state index contributed by atoms with van der Waals surface area (Å²) in [4.78, 5) is 0. The Morgan fingerprint density at radius 3 is 2.36 bits per heavy atom. The van der Waals surface area contributed by atoms with Gasteiger partial charge in [0.05, 0.1) is 6.61 Å². The minimum atomic E-state index is 0.510. The molecule has 0 saturated carbocycles. The average molecular weight is 156 g/mol. The third kappa shape index (κ3) is 1.57. The number of hydrogen-bond acceptors (Lipinski definition) is 2. The molecule has 1 atom stereocenters. The van der Waals surface area contributed by atoms with Gasteiger partial charge in [0.2, 0.25) is 0 Å². The summed E-state index contributed by atoms with van der Waals surface area (Å²) in [5, 5.41) is 0. The first kappa shape index (κ1) is 7.56. The van der Waals surface area contributed by atoms with Gasteiger partial charge in [0.1, 0.15) is 0 Å². The van der Waals surface area contributed by atoms with E-state index >= 15 is 0 Å². The predicted molar refractivity (Wildman–Crippen MR) is 42.5 cm³/mol. The van der Waals surface area contributed by atoms with E-state index < -0.39 is 0 Å². The minimum Gasteiger partial charge on any atom is -0.381 e. The Balaban J connectivity index is 1.97. The maximum absolute atomic E-state index is 5.44. The van der Waals surface area contributed by atoms with Crippen LogP contribution < -0.4 is 0 Å². The molecule has 2 nitrogen and oxygen atoms in total. The van der Waals surface area contributed by atoms with Gasteiger partial charge in [-0.25, -0.2) is 0 Å². The van der Waals surface area contributed by atoms with Crippen molar-refractivity contribution in [2.75, 3.05) is 26.4 Å². The predicted octanol–water partition coefficient (Wildman–Crippen LogP) is 1.59.